The maximum absolute atomic E-state index is 13.8. The normalized spacial score (nSPS) is 18.8. The number of para-hydroxylation sites is 1. The molecule has 4 aromatic rings. The van der Waals surface area contributed by atoms with E-state index in [1.165, 1.54) is 34.8 Å². The number of phenolic OH excluding ortho intramolecular Hbond substituents is 1. The van der Waals surface area contributed by atoms with Gasteiger partial charge in [-0.3, -0.25) is 14.8 Å². The molecule has 1 atom stereocenters. The monoisotopic (exact) mass is 567 g/mol. The molecular formula is C27H25N3O7S2. The maximum Gasteiger partial charge on any atom is 0.257 e. The highest BCUT2D eigenvalue weighted by Gasteiger charge is 2.50. The summed E-state index contributed by atoms with van der Waals surface area (Å²) in [5.41, 5.74) is 3.32. The first-order valence-corrected chi connectivity index (χ1v) is 14.5. The van der Waals surface area contributed by atoms with Gasteiger partial charge in [0.25, 0.3) is 5.91 Å². The number of hydroxylamine groups is 1. The third kappa shape index (κ3) is 5.05. The van der Waals surface area contributed by atoms with Crippen LogP contribution in [0.2, 0.25) is 0 Å². The summed E-state index contributed by atoms with van der Waals surface area (Å²) in [4.78, 5) is 32.1. The number of benzene rings is 2. The van der Waals surface area contributed by atoms with Gasteiger partial charge in [0.05, 0.1) is 23.9 Å². The smallest absolute Gasteiger partial charge is 0.257 e. The Bertz CT molecular complexity index is 1600. The second kappa shape index (κ2) is 10.6. The Morgan fingerprint density at radius 2 is 1.79 bits per heavy atom. The minimum atomic E-state index is -3.98. The molecule has 12 heteroatoms. The summed E-state index contributed by atoms with van der Waals surface area (Å²) in [6.45, 7) is -0.0659. The number of carbonyl (C=O) groups is 2. The van der Waals surface area contributed by atoms with Crippen molar-refractivity contribution in [3.63, 3.8) is 0 Å². The number of nitrogens with zero attached hydrogens (tertiary/aromatic N) is 2. The zero-order valence-corrected chi connectivity index (χ0v) is 22.2. The molecule has 39 heavy (non-hydrogen) atoms. The number of thiophene rings is 1. The summed E-state index contributed by atoms with van der Waals surface area (Å²) in [5.74, 6) is -1.30. The van der Waals surface area contributed by atoms with Crippen LogP contribution in [0.1, 0.15) is 28.1 Å². The lowest BCUT2D eigenvalue weighted by Crippen LogP contribution is -2.41. The second-order valence-corrected chi connectivity index (χ2v) is 12.7. The molecule has 3 heterocycles. The average molecular weight is 568 g/mol. The van der Waals surface area contributed by atoms with Gasteiger partial charge >= 0.3 is 0 Å². The van der Waals surface area contributed by atoms with Crippen molar-refractivity contribution >= 4 is 33.0 Å². The molecule has 2 amide bonds. The van der Waals surface area contributed by atoms with Crippen molar-refractivity contribution in [2.75, 3.05) is 18.8 Å². The molecule has 0 aliphatic carbocycles. The number of rotatable bonds is 6. The highest BCUT2D eigenvalue weighted by atomic mass is 32.2. The Labute approximate surface area is 228 Å². The number of nitrogens with one attached hydrogen (secondary N) is 1. The van der Waals surface area contributed by atoms with Crippen molar-refractivity contribution in [2.45, 2.75) is 17.6 Å². The van der Waals surface area contributed by atoms with Crippen LogP contribution in [0.4, 0.5) is 0 Å². The molecular weight excluding hydrogens is 542 g/mol. The van der Waals surface area contributed by atoms with E-state index >= 15 is 0 Å². The Morgan fingerprint density at radius 1 is 1.05 bits per heavy atom. The van der Waals surface area contributed by atoms with Gasteiger partial charge in [0.1, 0.15) is 10.5 Å². The molecule has 10 nitrogen and oxygen atoms in total. The van der Waals surface area contributed by atoms with Crippen LogP contribution in [-0.2, 0) is 19.4 Å². The molecule has 2 aromatic heterocycles. The largest absolute Gasteiger partial charge is 0.507 e. The van der Waals surface area contributed by atoms with Gasteiger partial charge in [0.2, 0.25) is 5.91 Å². The third-order valence-electron chi connectivity index (χ3n) is 6.94. The minimum absolute atomic E-state index is 0.0320. The van der Waals surface area contributed by atoms with Gasteiger partial charge in [0.15, 0.2) is 22.0 Å². The Kier molecular flexibility index (Phi) is 7.25. The fourth-order valence-corrected chi connectivity index (χ4v) is 8.40. The van der Waals surface area contributed by atoms with Crippen LogP contribution in [0.5, 0.6) is 5.75 Å². The van der Waals surface area contributed by atoms with E-state index in [1.54, 1.807) is 35.9 Å². The molecule has 1 saturated heterocycles. The van der Waals surface area contributed by atoms with E-state index in [0.717, 1.165) is 16.0 Å². The number of aromatic hydroxyl groups is 1. The zero-order valence-electron chi connectivity index (χ0n) is 20.6. The Morgan fingerprint density at radius 3 is 2.49 bits per heavy atom. The van der Waals surface area contributed by atoms with Crippen molar-refractivity contribution in [2.24, 2.45) is 0 Å². The van der Waals surface area contributed by atoms with Crippen molar-refractivity contribution in [1.82, 2.24) is 15.4 Å². The molecule has 0 radical (unpaired) electrons. The molecule has 202 valence electrons. The van der Waals surface area contributed by atoms with Crippen molar-refractivity contribution in [3.8, 4) is 27.5 Å². The van der Waals surface area contributed by atoms with Crippen molar-refractivity contribution < 1.29 is 32.7 Å². The summed E-state index contributed by atoms with van der Waals surface area (Å²) in [6.07, 6.45) is 2.39. The summed E-state index contributed by atoms with van der Waals surface area (Å²) in [7, 11) is -3.98. The molecule has 1 aliphatic heterocycles. The number of carbonyl (C=O) groups excluding carboxylic acids is 2. The van der Waals surface area contributed by atoms with Gasteiger partial charge in [-0.25, -0.2) is 18.9 Å². The number of hydrogen-bond donors (Lipinski definition) is 3. The Hall–Kier alpha value is -4.00. The summed E-state index contributed by atoms with van der Waals surface area (Å²) < 4.78 is 31.3. The maximum atomic E-state index is 13.8. The number of phenols is 1. The molecule has 1 unspecified atom stereocenters. The molecule has 0 bridgehead atoms. The standard InChI is InChI=1S/C27H25N3O7S2/c31-21-4-2-1-3-20(21)26(33)30-12-11-27(15-25(32)29-34,39(35,36)14-13-30)24-10-9-23(38-24)19-7-5-18(6-8-19)22-16-28-17-37-22/h1-10,16-17,31,34H,11-15H2,(H,29,32). The van der Waals surface area contributed by atoms with E-state index in [0.29, 0.717) is 10.6 Å². The summed E-state index contributed by atoms with van der Waals surface area (Å²) in [5, 5.41) is 19.4. The van der Waals surface area contributed by atoms with Gasteiger partial charge < -0.3 is 14.4 Å². The van der Waals surface area contributed by atoms with Gasteiger partial charge in [-0.05, 0) is 36.2 Å². The SMILES string of the molecule is O=C(CC1(c2ccc(-c3ccc(-c4cnco4)cc3)s2)CCN(C(=O)c2ccccc2O)CCS1(=O)=O)NO. The van der Waals surface area contributed by atoms with Crippen LogP contribution >= 0.6 is 11.3 Å². The fraction of sp³-hybridized carbons (Fsp3) is 0.222. The lowest BCUT2D eigenvalue weighted by atomic mass is 9.97. The second-order valence-electron chi connectivity index (χ2n) is 9.19. The summed E-state index contributed by atoms with van der Waals surface area (Å²) >= 11 is 1.25. The number of oxazole rings is 1. The van der Waals surface area contributed by atoms with Gasteiger partial charge in [-0.1, -0.05) is 36.4 Å². The van der Waals surface area contributed by atoms with Gasteiger partial charge in [-0.15, -0.1) is 11.3 Å². The number of aromatic nitrogens is 1. The molecule has 1 aliphatic rings. The number of sulfone groups is 1. The third-order valence-corrected chi connectivity index (χ3v) is 10.9. The predicted molar refractivity (Wildman–Crippen MR) is 144 cm³/mol. The predicted octanol–water partition coefficient (Wildman–Crippen LogP) is 3.83. The molecule has 1 fully saturated rings. The molecule has 5 rings (SSSR count). The number of hydrogen-bond acceptors (Lipinski definition) is 9. The van der Waals surface area contributed by atoms with E-state index in [1.807, 2.05) is 24.3 Å². The summed E-state index contributed by atoms with van der Waals surface area (Å²) in [6, 6.07) is 17.1. The van der Waals surface area contributed by atoms with Crippen LogP contribution < -0.4 is 5.48 Å². The molecule has 2 aromatic carbocycles. The number of amides is 2. The first kappa shape index (κ1) is 26.6. The van der Waals surface area contributed by atoms with E-state index < -0.39 is 32.8 Å². The minimum Gasteiger partial charge on any atom is -0.507 e. The first-order chi connectivity index (χ1) is 18.7. The molecule has 0 spiro atoms. The van der Waals surface area contributed by atoms with E-state index in [2.05, 4.69) is 4.98 Å². The van der Waals surface area contributed by atoms with E-state index in [9.17, 15) is 28.3 Å². The lowest BCUT2D eigenvalue weighted by molar-refractivity contribution is -0.129. The molecule has 3 N–H and O–H groups in total. The Balaban J connectivity index is 1.48. The lowest BCUT2D eigenvalue weighted by Gasteiger charge is -2.30. The van der Waals surface area contributed by atoms with Crippen molar-refractivity contribution in [1.29, 1.82) is 0 Å². The van der Waals surface area contributed by atoms with Crippen molar-refractivity contribution in [3.05, 3.63) is 83.7 Å². The zero-order chi connectivity index (χ0) is 27.6. The topological polar surface area (TPSA) is 150 Å². The molecule has 0 saturated carbocycles. The van der Waals surface area contributed by atoms with Crippen LogP contribution in [0.25, 0.3) is 21.8 Å². The quantitative estimate of drug-likeness (QED) is 0.235. The van der Waals surface area contributed by atoms with Gasteiger partial charge in [0, 0.05) is 28.4 Å². The highest BCUT2D eigenvalue weighted by Crippen LogP contribution is 2.45. The average Bonchev–Trinajstić information content (AvgIpc) is 3.63. The first-order valence-electron chi connectivity index (χ1n) is 12.1. The van der Waals surface area contributed by atoms with Crippen LogP contribution in [0.15, 0.2) is 77.7 Å². The van der Waals surface area contributed by atoms with Crippen LogP contribution in [0, 0.1) is 0 Å². The van der Waals surface area contributed by atoms with E-state index in [4.69, 9.17) is 4.42 Å². The van der Waals surface area contributed by atoms with Crippen LogP contribution in [0.3, 0.4) is 0 Å². The fourth-order valence-electron chi connectivity index (χ4n) is 4.79. The van der Waals surface area contributed by atoms with Gasteiger partial charge in [-0.2, -0.15) is 0 Å². The van der Waals surface area contributed by atoms with Crippen LogP contribution in [-0.4, -0.2) is 59.3 Å². The van der Waals surface area contributed by atoms with E-state index in [-0.39, 0.29) is 36.6 Å². The highest BCUT2D eigenvalue weighted by molar-refractivity contribution is 7.92.